The second-order valence-electron chi connectivity index (χ2n) is 11.0. The molecule has 1 atom stereocenters. The fraction of sp³-hybridized carbons (Fsp3) is 0.281. The molecular formula is C32H32F3N5O3. The lowest BCUT2D eigenvalue weighted by atomic mass is 9.95. The number of nitrogens with zero attached hydrogens (tertiary/aromatic N) is 3. The molecular weight excluding hydrogens is 559 g/mol. The molecule has 0 saturated heterocycles. The number of alkyl halides is 3. The molecule has 224 valence electrons. The van der Waals surface area contributed by atoms with Crippen LogP contribution in [0.3, 0.4) is 0 Å². The van der Waals surface area contributed by atoms with E-state index in [-0.39, 0.29) is 18.1 Å². The second-order valence-corrected chi connectivity index (χ2v) is 11.0. The molecule has 2 aromatic heterocycles. The molecule has 2 amide bonds. The number of alkyl carbamates (subject to hydrolysis) is 1. The van der Waals surface area contributed by atoms with Gasteiger partial charge in [-0.3, -0.25) is 9.78 Å². The highest BCUT2D eigenvalue weighted by atomic mass is 19.4. The lowest BCUT2D eigenvalue weighted by Crippen LogP contribution is -2.32. The predicted molar refractivity (Wildman–Crippen MR) is 156 cm³/mol. The first-order chi connectivity index (χ1) is 20.2. The Balaban J connectivity index is 1.51. The summed E-state index contributed by atoms with van der Waals surface area (Å²) in [6.07, 6.45) is -0.332. The Kier molecular flexibility index (Phi) is 9.13. The average molecular weight is 592 g/mol. The maximum atomic E-state index is 13.5. The lowest BCUT2D eigenvalue weighted by Gasteiger charge is -2.20. The number of ether oxygens (including phenoxy) is 1. The van der Waals surface area contributed by atoms with E-state index in [4.69, 9.17) is 4.74 Å². The molecule has 0 unspecified atom stereocenters. The topological polar surface area (TPSA) is 106 Å². The van der Waals surface area contributed by atoms with Crippen LogP contribution in [0.25, 0.3) is 22.3 Å². The number of aryl methyl sites for hydroxylation is 1. The Morgan fingerprint density at radius 3 is 2.19 bits per heavy atom. The zero-order valence-corrected chi connectivity index (χ0v) is 24.4. The van der Waals surface area contributed by atoms with Gasteiger partial charge in [-0.2, -0.15) is 13.2 Å². The van der Waals surface area contributed by atoms with Crippen LogP contribution in [0.5, 0.6) is 0 Å². The minimum atomic E-state index is -4.54. The van der Waals surface area contributed by atoms with Crippen molar-refractivity contribution in [3.63, 3.8) is 0 Å². The van der Waals surface area contributed by atoms with E-state index in [2.05, 4.69) is 25.6 Å². The number of hydrogen-bond acceptors (Lipinski definition) is 6. The van der Waals surface area contributed by atoms with E-state index < -0.39 is 29.5 Å². The minimum absolute atomic E-state index is 0.0304. The third-order valence-corrected chi connectivity index (χ3v) is 6.44. The molecule has 4 rings (SSSR count). The number of carbonyl (C=O) groups is 2. The van der Waals surface area contributed by atoms with E-state index in [0.29, 0.717) is 22.5 Å². The van der Waals surface area contributed by atoms with Gasteiger partial charge in [0.25, 0.3) is 5.91 Å². The number of rotatable bonds is 7. The third kappa shape index (κ3) is 8.37. The SMILES string of the molecule is Cc1ncc(-c2ccnc(C(=O)N[C@H](C)c3ccc(-c4cc(C(F)(F)F)ccc4CNC(=O)OC(C)(C)C)cc3)c2)cn1. The fourth-order valence-corrected chi connectivity index (χ4v) is 4.24. The lowest BCUT2D eigenvalue weighted by molar-refractivity contribution is -0.137. The zero-order valence-electron chi connectivity index (χ0n) is 24.4. The molecule has 4 aromatic rings. The number of carbonyl (C=O) groups excluding carboxylic acids is 2. The number of hydrogen-bond donors (Lipinski definition) is 2. The van der Waals surface area contributed by atoms with Crippen LogP contribution in [0.2, 0.25) is 0 Å². The van der Waals surface area contributed by atoms with E-state index in [1.54, 1.807) is 83.4 Å². The first-order valence-electron chi connectivity index (χ1n) is 13.5. The maximum Gasteiger partial charge on any atom is 0.416 e. The Labute approximate surface area is 247 Å². The molecule has 0 saturated carbocycles. The first-order valence-corrected chi connectivity index (χ1v) is 13.5. The number of benzene rings is 2. The van der Waals surface area contributed by atoms with Gasteiger partial charge in [0.1, 0.15) is 17.1 Å². The van der Waals surface area contributed by atoms with E-state index >= 15 is 0 Å². The first kappa shape index (κ1) is 31.1. The normalized spacial score (nSPS) is 12.4. The number of amides is 2. The summed E-state index contributed by atoms with van der Waals surface area (Å²) in [4.78, 5) is 37.7. The average Bonchev–Trinajstić information content (AvgIpc) is 2.95. The van der Waals surface area contributed by atoms with E-state index in [1.165, 1.54) is 12.3 Å². The van der Waals surface area contributed by atoms with Crippen molar-refractivity contribution in [2.24, 2.45) is 0 Å². The third-order valence-electron chi connectivity index (χ3n) is 6.44. The summed E-state index contributed by atoms with van der Waals surface area (Å²) in [7, 11) is 0. The van der Waals surface area contributed by atoms with E-state index in [1.807, 2.05) is 0 Å². The van der Waals surface area contributed by atoms with Gasteiger partial charge in [-0.25, -0.2) is 14.8 Å². The van der Waals surface area contributed by atoms with Crippen LogP contribution in [0, 0.1) is 6.92 Å². The molecule has 2 aromatic carbocycles. The van der Waals surface area contributed by atoms with Crippen molar-refractivity contribution in [1.29, 1.82) is 0 Å². The molecule has 11 heteroatoms. The summed E-state index contributed by atoms with van der Waals surface area (Å²) in [5.74, 6) is 0.247. The van der Waals surface area contributed by atoms with Gasteiger partial charge in [0.2, 0.25) is 0 Å². The van der Waals surface area contributed by atoms with Gasteiger partial charge in [-0.1, -0.05) is 30.3 Å². The van der Waals surface area contributed by atoms with Crippen LogP contribution in [-0.4, -0.2) is 32.6 Å². The molecule has 0 aliphatic rings. The van der Waals surface area contributed by atoms with Crippen LogP contribution >= 0.6 is 0 Å². The van der Waals surface area contributed by atoms with Crippen LogP contribution in [0.1, 0.15) is 66.7 Å². The highest BCUT2D eigenvalue weighted by molar-refractivity contribution is 5.93. The van der Waals surface area contributed by atoms with Gasteiger partial charge in [-0.05, 0) is 86.7 Å². The standard InChI is InChI=1S/C32H32F3N5O3/c1-19(40-29(41)28-14-23(12-13-36-28)25-17-37-20(2)38-18-25)21-6-8-22(9-7-21)27-15-26(32(33,34)35)11-10-24(27)16-39-30(42)43-31(3,4)5/h6-15,17-19H,16H2,1-5H3,(H,39,42)(H,40,41)/t19-/m1/s1. The monoisotopic (exact) mass is 591 g/mol. The zero-order chi connectivity index (χ0) is 31.4. The smallest absolute Gasteiger partial charge is 0.416 e. The Morgan fingerprint density at radius 2 is 1.56 bits per heavy atom. The molecule has 43 heavy (non-hydrogen) atoms. The quantitative estimate of drug-likeness (QED) is 0.239. The maximum absolute atomic E-state index is 13.5. The van der Waals surface area contributed by atoms with Crippen LogP contribution in [-0.2, 0) is 17.5 Å². The molecule has 0 fully saturated rings. The van der Waals surface area contributed by atoms with E-state index in [0.717, 1.165) is 28.8 Å². The van der Waals surface area contributed by atoms with Gasteiger partial charge in [0, 0.05) is 30.7 Å². The molecule has 0 bridgehead atoms. The van der Waals surface area contributed by atoms with Gasteiger partial charge in [0.05, 0.1) is 11.6 Å². The molecule has 2 heterocycles. The van der Waals surface area contributed by atoms with Gasteiger partial charge >= 0.3 is 12.3 Å². The largest absolute Gasteiger partial charge is 0.444 e. The van der Waals surface area contributed by atoms with E-state index in [9.17, 15) is 22.8 Å². The molecule has 0 aliphatic heterocycles. The Morgan fingerprint density at radius 1 is 0.884 bits per heavy atom. The molecule has 0 aliphatic carbocycles. The number of pyridine rings is 1. The fourth-order valence-electron chi connectivity index (χ4n) is 4.24. The highest BCUT2D eigenvalue weighted by Crippen LogP contribution is 2.34. The van der Waals surface area contributed by atoms with Crippen molar-refractivity contribution in [1.82, 2.24) is 25.6 Å². The van der Waals surface area contributed by atoms with Crippen molar-refractivity contribution in [2.75, 3.05) is 0 Å². The summed E-state index contributed by atoms with van der Waals surface area (Å²) in [5.41, 5.74) is 2.24. The van der Waals surface area contributed by atoms with Gasteiger partial charge in [0.15, 0.2) is 0 Å². The number of aromatic nitrogens is 3. The Hall–Kier alpha value is -4.80. The minimum Gasteiger partial charge on any atom is -0.444 e. The number of nitrogens with one attached hydrogen (secondary N) is 2. The van der Waals surface area contributed by atoms with Gasteiger partial charge < -0.3 is 15.4 Å². The molecule has 2 N–H and O–H groups in total. The van der Waals surface area contributed by atoms with Crippen LogP contribution in [0.15, 0.2) is 73.2 Å². The van der Waals surface area contributed by atoms with Crippen molar-refractivity contribution in [2.45, 2.75) is 59.0 Å². The van der Waals surface area contributed by atoms with Crippen molar-refractivity contribution in [3.05, 3.63) is 101 Å². The van der Waals surface area contributed by atoms with Crippen molar-refractivity contribution in [3.8, 4) is 22.3 Å². The van der Waals surface area contributed by atoms with Crippen LogP contribution < -0.4 is 10.6 Å². The summed E-state index contributed by atoms with van der Waals surface area (Å²) in [5, 5.41) is 5.51. The number of halogens is 3. The van der Waals surface area contributed by atoms with Crippen molar-refractivity contribution < 1.29 is 27.5 Å². The molecule has 0 spiro atoms. The molecule has 0 radical (unpaired) electrons. The highest BCUT2D eigenvalue weighted by Gasteiger charge is 2.31. The van der Waals surface area contributed by atoms with Crippen molar-refractivity contribution >= 4 is 12.0 Å². The van der Waals surface area contributed by atoms with Gasteiger partial charge in [-0.15, -0.1) is 0 Å². The molecule has 8 nitrogen and oxygen atoms in total. The predicted octanol–water partition coefficient (Wildman–Crippen LogP) is 7.05. The summed E-state index contributed by atoms with van der Waals surface area (Å²) in [6, 6.07) is 13.2. The second kappa shape index (κ2) is 12.6. The summed E-state index contributed by atoms with van der Waals surface area (Å²) < 4.78 is 45.9. The van der Waals surface area contributed by atoms with Crippen LogP contribution in [0.4, 0.5) is 18.0 Å². The summed E-state index contributed by atoms with van der Waals surface area (Å²) in [6.45, 7) is 8.70. The summed E-state index contributed by atoms with van der Waals surface area (Å²) >= 11 is 0. The Bertz CT molecular complexity index is 1600.